The molecule has 7 nitrogen and oxygen atoms in total. The van der Waals surface area contributed by atoms with Crippen LogP contribution in [0.1, 0.15) is 12.5 Å². The van der Waals surface area contributed by atoms with Crippen molar-refractivity contribution in [2.45, 2.75) is 12.3 Å². The van der Waals surface area contributed by atoms with E-state index in [9.17, 15) is 29.9 Å². The van der Waals surface area contributed by atoms with Crippen LogP contribution in [-0.2, 0) is 15.0 Å². The third-order valence-corrected chi connectivity index (χ3v) is 4.66. The van der Waals surface area contributed by atoms with E-state index in [0.717, 1.165) is 0 Å². The molecule has 0 radical (unpaired) electrons. The molecule has 8 heteroatoms. The largest absolute Gasteiger partial charge is 0.480 e. The van der Waals surface area contributed by atoms with Gasteiger partial charge in [0.25, 0.3) is 5.69 Å². The fourth-order valence-electron chi connectivity index (χ4n) is 2.79. The van der Waals surface area contributed by atoms with Crippen LogP contribution in [0.3, 0.4) is 0 Å². The Morgan fingerprint density at radius 1 is 1.35 bits per heavy atom. The maximum atomic E-state index is 12.0. The number of carboxylic acid groups (broad SMARTS) is 2. The Bertz CT molecular complexity index is 769. The van der Waals surface area contributed by atoms with Gasteiger partial charge in [0, 0.05) is 21.1 Å². The summed E-state index contributed by atoms with van der Waals surface area (Å²) in [6.07, 6.45) is 3.94. The zero-order valence-corrected chi connectivity index (χ0v) is 14.1. The van der Waals surface area contributed by atoms with E-state index in [1.165, 1.54) is 37.3 Å². The van der Waals surface area contributed by atoms with Crippen LogP contribution in [0.5, 0.6) is 0 Å². The highest BCUT2D eigenvalue weighted by Gasteiger charge is 2.50. The van der Waals surface area contributed by atoms with E-state index in [1.54, 1.807) is 6.07 Å². The molecule has 2 rings (SSSR count). The van der Waals surface area contributed by atoms with Crippen molar-refractivity contribution in [3.63, 3.8) is 0 Å². The summed E-state index contributed by atoms with van der Waals surface area (Å²) in [5.74, 6) is -3.56. The first kappa shape index (κ1) is 17.1. The van der Waals surface area contributed by atoms with Crippen molar-refractivity contribution >= 4 is 40.2 Å². The Labute approximate surface area is 144 Å². The smallest absolute Gasteiger partial charge is 0.331 e. The highest BCUT2D eigenvalue weighted by atomic mass is 127. The molecule has 1 aliphatic carbocycles. The van der Waals surface area contributed by atoms with Crippen molar-refractivity contribution in [3.05, 3.63) is 61.2 Å². The molecule has 120 valence electrons. The summed E-state index contributed by atoms with van der Waals surface area (Å²) in [5, 5.41) is 30.4. The molecule has 0 bridgehead atoms. The lowest BCUT2D eigenvalue weighted by Gasteiger charge is -2.35. The number of carbonyl (C=O) groups is 2. The van der Waals surface area contributed by atoms with E-state index in [1.807, 2.05) is 22.6 Å². The molecular formula is C15H12INO6. The second kappa shape index (κ2) is 6.11. The van der Waals surface area contributed by atoms with Crippen molar-refractivity contribution in [2.24, 2.45) is 5.92 Å². The maximum Gasteiger partial charge on any atom is 0.331 e. The fourth-order valence-corrected chi connectivity index (χ4v) is 3.27. The number of carboxylic acids is 2. The number of nitrogens with zero attached hydrogens (tertiary/aromatic N) is 1. The lowest BCUT2D eigenvalue weighted by molar-refractivity contribution is -0.386. The second-order valence-corrected chi connectivity index (χ2v) is 6.35. The lowest BCUT2D eigenvalue weighted by Crippen LogP contribution is -2.44. The molecule has 1 aliphatic rings. The normalized spacial score (nSPS) is 23.2. The number of nitro groups is 1. The minimum absolute atomic E-state index is 0.0361. The number of allylic oxidation sites excluding steroid dienone is 2. The number of hydrogen-bond acceptors (Lipinski definition) is 4. The predicted molar refractivity (Wildman–Crippen MR) is 89.2 cm³/mol. The number of hydrogen-bond donors (Lipinski definition) is 2. The van der Waals surface area contributed by atoms with Gasteiger partial charge in [-0.25, -0.2) is 4.79 Å². The second-order valence-electron chi connectivity index (χ2n) is 5.10. The van der Waals surface area contributed by atoms with Crippen LogP contribution in [0.2, 0.25) is 0 Å². The summed E-state index contributed by atoms with van der Waals surface area (Å²) in [4.78, 5) is 34.1. The quantitative estimate of drug-likeness (QED) is 0.432. The highest BCUT2D eigenvalue weighted by molar-refractivity contribution is 14.1. The van der Waals surface area contributed by atoms with Gasteiger partial charge in [0.05, 0.1) is 10.5 Å². The number of halogens is 1. The summed E-state index contributed by atoms with van der Waals surface area (Å²) in [6.45, 7) is 1.44. The molecule has 1 aromatic carbocycles. The van der Waals surface area contributed by atoms with E-state index in [0.29, 0.717) is 3.57 Å². The van der Waals surface area contributed by atoms with Crippen molar-refractivity contribution in [1.82, 2.24) is 0 Å². The maximum absolute atomic E-state index is 12.0. The Morgan fingerprint density at radius 3 is 2.52 bits per heavy atom. The molecule has 0 amide bonds. The fraction of sp³-hybridized carbons (Fsp3) is 0.200. The molecule has 0 saturated carbocycles. The van der Waals surface area contributed by atoms with Crippen LogP contribution in [0.4, 0.5) is 5.69 Å². The molecule has 2 atom stereocenters. The Morgan fingerprint density at radius 2 is 2.00 bits per heavy atom. The van der Waals surface area contributed by atoms with E-state index < -0.39 is 28.2 Å². The molecule has 1 aromatic rings. The SMILES string of the molecule is CC1C(C(=O)O)=CC=C[C@@]1(C(=O)O)c1ccc(I)cc1[N+](=O)[O-]. The first-order chi connectivity index (χ1) is 10.7. The zero-order chi connectivity index (χ0) is 17.4. The Kier molecular flexibility index (Phi) is 4.55. The van der Waals surface area contributed by atoms with Gasteiger partial charge in [0.15, 0.2) is 0 Å². The molecule has 2 N–H and O–H groups in total. The molecule has 0 spiro atoms. The number of rotatable bonds is 4. The van der Waals surface area contributed by atoms with E-state index in [-0.39, 0.29) is 16.8 Å². The van der Waals surface area contributed by atoms with Gasteiger partial charge in [-0.2, -0.15) is 0 Å². The molecule has 0 saturated heterocycles. The first-order valence-electron chi connectivity index (χ1n) is 6.52. The van der Waals surface area contributed by atoms with Crippen LogP contribution in [-0.4, -0.2) is 27.1 Å². The highest BCUT2D eigenvalue weighted by Crippen LogP contribution is 2.44. The van der Waals surface area contributed by atoms with Crippen LogP contribution in [0, 0.1) is 19.6 Å². The standard InChI is InChI=1S/C15H12INO6/c1-8-10(13(18)19)3-2-6-15(8,14(20)21)11-5-4-9(16)7-12(11)17(22)23/h2-8H,1H3,(H,18,19)(H,20,21)/t8?,15-/m0/s1. The van der Waals surface area contributed by atoms with E-state index in [4.69, 9.17) is 0 Å². The third-order valence-electron chi connectivity index (χ3n) is 3.99. The summed E-state index contributed by atoms with van der Waals surface area (Å²) in [5.41, 5.74) is -2.30. The van der Waals surface area contributed by atoms with Gasteiger partial charge in [-0.1, -0.05) is 25.2 Å². The van der Waals surface area contributed by atoms with E-state index >= 15 is 0 Å². The number of benzene rings is 1. The minimum Gasteiger partial charge on any atom is -0.480 e. The topological polar surface area (TPSA) is 118 Å². The molecule has 0 aliphatic heterocycles. The first-order valence-corrected chi connectivity index (χ1v) is 7.60. The number of nitro benzene ring substituents is 1. The van der Waals surface area contributed by atoms with Crippen LogP contribution in [0.15, 0.2) is 42.0 Å². The summed E-state index contributed by atoms with van der Waals surface area (Å²) >= 11 is 1.89. The van der Waals surface area contributed by atoms with Crippen LogP contribution in [0.25, 0.3) is 0 Å². The van der Waals surface area contributed by atoms with Crippen molar-refractivity contribution < 1.29 is 24.7 Å². The number of aliphatic carboxylic acids is 2. The third kappa shape index (κ3) is 2.74. The van der Waals surface area contributed by atoms with Crippen molar-refractivity contribution in [1.29, 1.82) is 0 Å². The molecule has 23 heavy (non-hydrogen) atoms. The van der Waals surface area contributed by atoms with Gasteiger partial charge in [-0.15, -0.1) is 0 Å². The van der Waals surface area contributed by atoms with Crippen LogP contribution < -0.4 is 0 Å². The molecular weight excluding hydrogens is 417 g/mol. The lowest BCUT2D eigenvalue weighted by atomic mass is 9.65. The van der Waals surface area contributed by atoms with Crippen molar-refractivity contribution in [2.75, 3.05) is 0 Å². The average molecular weight is 429 g/mol. The molecule has 0 heterocycles. The summed E-state index contributed by atoms with van der Waals surface area (Å²) < 4.78 is 0.583. The minimum atomic E-state index is -1.81. The average Bonchev–Trinajstić information content (AvgIpc) is 2.47. The van der Waals surface area contributed by atoms with Crippen LogP contribution >= 0.6 is 22.6 Å². The monoisotopic (exact) mass is 429 g/mol. The summed E-state index contributed by atoms with van der Waals surface area (Å²) in [6, 6.07) is 4.21. The van der Waals surface area contributed by atoms with Gasteiger partial charge in [-0.3, -0.25) is 14.9 Å². The van der Waals surface area contributed by atoms with Gasteiger partial charge in [0.1, 0.15) is 5.41 Å². The van der Waals surface area contributed by atoms with E-state index in [2.05, 4.69) is 0 Å². The molecule has 1 unspecified atom stereocenters. The van der Waals surface area contributed by atoms with Gasteiger partial charge < -0.3 is 10.2 Å². The molecule has 0 aromatic heterocycles. The predicted octanol–water partition coefficient (Wildman–Crippen LogP) is 2.74. The van der Waals surface area contributed by atoms with Gasteiger partial charge in [0.2, 0.25) is 0 Å². The molecule has 0 fully saturated rings. The Balaban J connectivity index is 2.78. The Hall–Kier alpha value is -2.23. The van der Waals surface area contributed by atoms with Gasteiger partial charge in [-0.05, 0) is 34.7 Å². The van der Waals surface area contributed by atoms with Crippen molar-refractivity contribution in [3.8, 4) is 0 Å². The summed E-state index contributed by atoms with van der Waals surface area (Å²) in [7, 11) is 0. The van der Waals surface area contributed by atoms with Gasteiger partial charge >= 0.3 is 11.9 Å². The zero-order valence-electron chi connectivity index (χ0n) is 11.9.